The first-order valence-electron chi connectivity index (χ1n) is 5.58. The van der Waals surface area contributed by atoms with Crippen molar-refractivity contribution in [1.29, 1.82) is 0 Å². The Morgan fingerprint density at radius 3 is 2.93 bits per heavy atom. The summed E-state index contributed by atoms with van der Waals surface area (Å²) >= 11 is 5.87. The van der Waals surface area contributed by atoms with E-state index in [1.807, 2.05) is 0 Å². The molecule has 2 atom stereocenters. The van der Waals surface area contributed by atoms with Crippen molar-refractivity contribution in [3.63, 3.8) is 0 Å². The normalized spacial score (nSPS) is 33.8. The van der Waals surface area contributed by atoms with Gasteiger partial charge in [-0.3, -0.25) is 4.90 Å². The van der Waals surface area contributed by atoms with Crippen molar-refractivity contribution in [1.82, 2.24) is 10.2 Å². The highest BCUT2D eigenvalue weighted by atomic mass is 35.5. The van der Waals surface area contributed by atoms with Crippen LogP contribution >= 0.6 is 11.6 Å². The van der Waals surface area contributed by atoms with Crippen LogP contribution in [-0.4, -0.2) is 36.6 Å². The van der Waals surface area contributed by atoms with Gasteiger partial charge in [0.1, 0.15) is 0 Å². The highest BCUT2D eigenvalue weighted by molar-refractivity contribution is 6.29. The van der Waals surface area contributed by atoms with E-state index in [0.717, 1.165) is 11.6 Å². The molecule has 2 rings (SSSR count). The Morgan fingerprint density at radius 1 is 1.43 bits per heavy atom. The van der Waals surface area contributed by atoms with Crippen molar-refractivity contribution < 1.29 is 0 Å². The first-order chi connectivity index (χ1) is 6.77. The van der Waals surface area contributed by atoms with Gasteiger partial charge in [-0.05, 0) is 38.8 Å². The van der Waals surface area contributed by atoms with Crippen LogP contribution in [0.5, 0.6) is 0 Å². The van der Waals surface area contributed by atoms with Crippen molar-refractivity contribution in [2.75, 3.05) is 19.6 Å². The van der Waals surface area contributed by atoms with Crippen LogP contribution in [0.15, 0.2) is 11.6 Å². The van der Waals surface area contributed by atoms with Crippen molar-refractivity contribution >= 4 is 11.6 Å². The van der Waals surface area contributed by atoms with Crippen molar-refractivity contribution in [2.24, 2.45) is 0 Å². The molecule has 14 heavy (non-hydrogen) atoms. The molecule has 0 bridgehead atoms. The van der Waals surface area contributed by atoms with E-state index >= 15 is 0 Å². The van der Waals surface area contributed by atoms with Gasteiger partial charge >= 0.3 is 0 Å². The van der Waals surface area contributed by atoms with Crippen molar-refractivity contribution in [3.8, 4) is 0 Å². The fraction of sp³-hybridized carbons (Fsp3) is 0.818. The molecule has 3 heteroatoms. The van der Waals surface area contributed by atoms with Crippen molar-refractivity contribution in [2.45, 2.75) is 37.8 Å². The zero-order chi connectivity index (χ0) is 9.97. The average Bonchev–Trinajstić information content (AvgIpc) is 2.70. The highest BCUT2D eigenvalue weighted by Crippen LogP contribution is 2.25. The molecule has 2 unspecified atom stereocenters. The molecule has 0 aromatic carbocycles. The van der Waals surface area contributed by atoms with Crippen LogP contribution in [0.2, 0.25) is 0 Å². The second-order valence-electron chi connectivity index (χ2n) is 4.40. The van der Waals surface area contributed by atoms with Gasteiger partial charge in [0.15, 0.2) is 0 Å². The Labute approximate surface area is 91.3 Å². The summed E-state index contributed by atoms with van der Waals surface area (Å²) in [5.41, 5.74) is 0. The standard InChI is InChI=1S/C11H19ClN2/c1-9(12)8-14-7-3-5-11(14)10-4-2-6-13-10/h10-11,13H,1-8H2. The van der Waals surface area contributed by atoms with Crippen LogP contribution < -0.4 is 5.32 Å². The molecule has 80 valence electrons. The number of nitrogens with one attached hydrogen (secondary N) is 1. The van der Waals surface area contributed by atoms with E-state index in [0.29, 0.717) is 12.1 Å². The smallest absolute Gasteiger partial charge is 0.0339 e. The summed E-state index contributed by atoms with van der Waals surface area (Å²) in [6.07, 6.45) is 5.29. The molecule has 0 spiro atoms. The Morgan fingerprint density at radius 2 is 2.29 bits per heavy atom. The highest BCUT2D eigenvalue weighted by Gasteiger charge is 2.32. The Kier molecular flexibility index (Phi) is 3.47. The summed E-state index contributed by atoms with van der Waals surface area (Å²) in [6.45, 7) is 7.03. The first kappa shape index (κ1) is 10.5. The Hall–Kier alpha value is -0.0500. The molecule has 0 saturated carbocycles. The maximum absolute atomic E-state index is 5.87. The second kappa shape index (κ2) is 4.65. The molecule has 0 aromatic rings. The minimum absolute atomic E-state index is 0.702. The van der Waals surface area contributed by atoms with Gasteiger partial charge in [0.25, 0.3) is 0 Å². The molecule has 2 aliphatic rings. The van der Waals surface area contributed by atoms with Crippen LogP contribution in [0.1, 0.15) is 25.7 Å². The SMILES string of the molecule is C=C(Cl)CN1CCCC1C1CCCN1. The lowest BCUT2D eigenvalue weighted by Gasteiger charge is -2.29. The lowest BCUT2D eigenvalue weighted by Crippen LogP contribution is -2.44. The lowest BCUT2D eigenvalue weighted by molar-refractivity contribution is 0.233. The van der Waals surface area contributed by atoms with E-state index in [2.05, 4.69) is 16.8 Å². The molecule has 2 heterocycles. The number of hydrogen-bond donors (Lipinski definition) is 1. The molecule has 0 amide bonds. The molecule has 0 aliphatic carbocycles. The van der Waals surface area contributed by atoms with Crippen LogP contribution in [0.4, 0.5) is 0 Å². The van der Waals surface area contributed by atoms with Gasteiger partial charge in [0.2, 0.25) is 0 Å². The van der Waals surface area contributed by atoms with Gasteiger partial charge in [-0.15, -0.1) is 0 Å². The predicted octanol–water partition coefficient (Wildman–Crippen LogP) is 1.96. The molecule has 1 N–H and O–H groups in total. The van der Waals surface area contributed by atoms with Gasteiger partial charge in [-0.25, -0.2) is 0 Å². The number of halogens is 1. The first-order valence-corrected chi connectivity index (χ1v) is 5.96. The molecular formula is C11H19ClN2. The van der Waals surface area contributed by atoms with Crippen LogP contribution in [0.3, 0.4) is 0 Å². The number of likely N-dealkylation sites (tertiary alicyclic amines) is 1. The largest absolute Gasteiger partial charge is 0.312 e. The number of nitrogens with zero attached hydrogens (tertiary/aromatic N) is 1. The van der Waals surface area contributed by atoms with E-state index < -0.39 is 0 Å². The molecule has 0 aromatic heterocycles. The van der Waals surface area contributed by atoms with E-state index in [-0.39, 0.29) is 0 Å². The summed E-state index contributed by atoms with van der Waals surface area (Å²) in [7, 11) is 0. The zero-order valence-corrected chi connectivity index (χ0v) is 9.39. The van der Waals surface area contributed by atoms with Gasteiger partial charge in [0, 0.05) is 23.7 Å². The number of rotatable bonds is 3. The molecule has 2 fully saturated rings. The lowest BCUT2D eigenvalue weighted by atomic mass is 10.0. The Balaban J connectivity index is 1.92. The van der Waals surface area contributed by atoms with E-state index in [1.165, 1.54) is 38.8 Å². The van der Waals surface area contributed by atoms with Gasteiger partial charge < -0.3 is 5.32 Å². The topological polar surface area (TPSA) is 15.3 Å². The third kappa shape index (κ3) is 2.30. The summed E-state index contributed by atoms with van der Waals surface area (Å²) in [4.78, 5) is 2.48. The summed E-state index contributed by atoms with van der Waals surface area (Å²) in [6, 6.07) is 1.40. The molecule has 2 nitrogen and oxygen atoms in total. The van der Waals surface area contributed by atoms with Crippen LogP contribution in [-0.2, 0) is 0 Å². The predicted molar refractivity (Wildman–Crippen MR) is 60.6 cm³/mol. The fourth-order valence-corrected chi connectivity index (χ4v) is 2.92. The molecule has 2 saturated heterocycles. The maximum Gasteiger partial charge on any atom is 0.0339 e. The van der Waals surface area contributed by atoms with Crippen LogP contribution in [0.25, 0.3) is 0 Å². The number of hydrogen-bond acceptors (Lipinski definition) is 2. The van der Waals surface area contributed by atoms with Gasteiger partial charge in [-0.1, -0.05) is 18.2 Å². The second-order valence-corrected chi connectivity index (χ2v) is 4.93. The van der Waals surface area contributed by atoms with E-state index in [1.54, 1.807) is 0 Å². The van der Waals surface area contributed by atoms with Gasteiger partial charge in [0.05, 0.1) is 0 Å². The van der Waals surface area contributed by atoms with E-state index in [4.69, 9.17) is 11.6 Å². The summed E-state index contributed by atoms with van der Waals surface area (Å²) in [5, 5.41) is 4.36. The molecular weight excluding hydrogens is 196 g/mol. The zero-order valence-electron chi connectivity index (χ0n) is 8.64. The molecule has 0 radical (unpaired) electrons. The maximum atomic E-state index is 5.87. The average molecular weight is 215 g/mol. The molecule has 2 aliphatic heterocycles. The summed E-state index contributed by atoms with van der Waals surface area (Å²) in [5.74, 6) is 0. The van der Waals surface area contributed by atoms with Gasteiger partial charge in [-0.2, -0.15) is 0 Å². The quantitative estimate of drug-likeness (QED) is 0.773. The Bertz CT molecular complexity index is 211. The minimum atomic E-state index is 0.702. The monoisotopic (exact) mass is 214 g/mol. The van der Waals surface area contributed by atoms with E-state index in [9.17, 15) is 0 Å². The van der Waals surface area contributed by atoms with Crippen molar-refractivity contribution in [3.05, 3.63) is 11.6 Å². The minimum Gasteiger partial charge on any atom is -0.312 e. The van der Waals surface area contributed by atoms with Crippen LogP contribution in [0, 0.1) is 0 Å². The summed E-state index contributed by atoms with van der Waals surface area (Å²) < 4.78 is 0. The fourth-order valence-electron chi connectivity index (χ4n) is 2.76. The third-order valence-electron chi connectivity index (χ3n) is 3.35. The third-order valence-corrected chi connectivity index (χ3v) is 3.47.